The van der Waals surface area contributed by atoms with Crippen LogP contribution in [0.3, 0.4) is 0 Å². The van der Waals surface area contributed by atoms with Gasteiger partial charge in [0.1, 0.15) is 5.75 Å². The van der Waals surface area contributed by atoms with E-state index in [2.05, 4.69) is 15.0 Å². The molecule has 0 aliphatic carbocycles. The van der Waals surface area contributed by atoms with Gasteiger partial charge in [-0.05, 0) is 44.1 Å². The molecule has 1 aromatic rings. The van der Waals surface area contributed by atoms with E-state index < -0.39 is 6.36 Å². The molecule has 1 heterocycles. The van der Waals surface area contributed by atoms with E-state index in [9.17, 15) is 13.2 Å². The number of nitrogens with zero attached hydrogens (tertiary/aromatic N) is 1. The highest BCUT2D eigenvalue weighted by molar-refractivity contribution is 5.85. The Labute approximate surface area is 128 Å². The summed E-state index contributed by atoms with van der Waals surface area (Å²) >= 11 is 0. The SMILES string of the molecule is CNCC1CCCN1Cc1ccc(OC(F)(F)F)cc1.Cl. The first-order valence-electron chi connectivity index (χ1n) is 6.71. The minimum atomic E-state index is -4.63. The Kier molecular flexibility index (Phi) is 6.77. The van der Waals surface area contributed by atoms with Crippen LogP contribution in [0.4, 0.5) is 13.2 Å². The Morgan fingerprint density at radius 1 is 1.29 bits per heavy atom. The number of hydrogen-bond donors (Lipinski definition) is 1. The van der Waals surface area contributed by atoms with Gasteiger partial charge in [0.2, 0.25) is 0 Å². The molecule has 1 atom stereocenters. The van der Waals surface area contributed by atoms with Crippen molar-refractivity contribution in [2.45, 2.75) is 31.8 Å². The third-order valence-electron chi connectivity index (χ3n) is 3.48. The van der Waals surface area contributed by atoms with Gasteiger partial charge >= 0.3 is 6.36 Å². The number of halogens is 4. The zero-order chi connectivity index (χ0) is 14.6. The number of rotatable bonds is 5. The molecule has 1 aliphatic rings. The standard InChI is InChI=1S/C14H19F3N2O.ClH/c1-18-9-12-3-2-8-19(12)10-11-4-6-13(7-5-11)20-14(15,16)17;/h4-7,12,18H,2-3,8-10H2,1H3;1H. The van der Waals surface area contributed by atoms with Crippen LogP contribution in [0.25, 0.3) is 0 Å². The Morgan fingerprint density at radius 3 is 2.52 bits per heavy atom. The maximum atomic E-state index is 12.1. The summed E-state index contributed by atoms with van der Waals surface area (Å²) in [6, 6.07) is 6.62. The Balaban J connectivity index is 0.00000220. The van der Waals surface area contributed by atoms with Crippen LogP contribution >= 0.6 is 12.4 Å². The predicted molar refractivity (Wildman–Crippen MR) is 77.7 cm³/mol. The number of nitrogens with one attached hydrogen (secondary N) is 1. The lowest BCUT2D eigenvalue weighted by Gasteiger charge is -2.24. The second kappa shape index (κ2) is 7.87. The number of likely N-dealkylation sites (tertiary alicyclic amines) is 1. The fraction of sp³-hybridized carbons (Fsp3) is 0.571. The smallest absolute Gasteiger partial charge is 0.406 e. The highest BCUT2D eigenvalue weighted by atomic mass is 35.5. The molecule has 1 unspecified atom stereocenters. The zero-order valence-electron chi connectivity index (χ0n) is 11.8. The maximum Gasteiger partial charge on any atom is 0.573 e. The van der Waals surface area contributed by atoms with Gasteiger partial charge in [-0.25, -0.2) is 0 Å². The molecule has 1 aromatic carbocycles. The minimum Gasteiger partial charge on any atom is -0.406 e. The number of benzene rings is 1. The summed E-state index contributed by atoms with van der Waals surface area (Å²) in [5.74, 6) is -0.172. The summed E-state index contributed by atoms with van der Waals surface area (Å²) in [5, 5.41) is 3.17. The molecule has 21 heavy (non-hydrogen) atoms. The Bertz CT molecular complexity index is 425. The summed E-state index contributed by atoms with van der Waals surface area (Å²) < 4.78 is 40.1. The predicted octanol–water partition coefficient (Wildman–Crippen LogP) is 3.19. The fourth-order valence-electron chi connectivity index (χ4n) is 2.60. The van der Waals surface area contributed by atoms with Gasteiger partial charge in [-0.3, -0.25) is 4.90 Å². The van der Waals surface area contributed by atoms with Crippen LogP contribution in [-0.2, 0) is 6.54 Å². The monoisotopic (exact) mass is 324 g/mol. The van der Waals surface area contributed by atoms with Crippen LogP contribution in [0, 0.1) is 0 Å². The second-order valence-electron chi connectivity index (χ2n) is 5.02. The summed E-state index contributed by atoms with van der Waals surface area (Å²) in [4.78, 5) is 2.36. The molecule has 1 aliphatic heterocycles. The number of likely N-dealkylation sites (N-methyl/N-ethyl adjacent to an activating group) is 1. The summed E-state index contributed by atoms with van der Waals surface area (Å²) in [5.41, 5.74) is 1.00. The average molecular weight is 325 g/mol. The normalized spacial score (nSPS) is 19.3. The molecule has 1 N–H and O–H groups in total. The lowest BCUT2D eigenvalue weighted by atomic mass is 10.1. The van der Waals surface area contributed by atoms with Gasteiger partial charge in [0.05, 0.1) is 0 Å². The average Bonchev–Trinajstić information content (AvgIpc) is 2.78. The van der Waals surface area contributed by atoms with Crippen LogP contribution in [0.15, 0.2) is 24.3 Å². The number of hydrogen-bond acceptors (Lipinski definition) is 3. The molecule has 120 valence electrons. The van der Waals surface area contributed by atoms with Crippen molar-refractivity contribution >= 4 is 12.4 Å². The molecule has 1 fully saturated rings. The van der Waals surface area contributed by atoms with Gasteiger partial charge in [0.25, 0.3) is 0 Å². The lowest BCUT2D eigenvalue weighted by molar-refractivity contribution is -0.274. The fourth-order valence-corrected chi connectivity index (χ4v) is 2.60. The third-order valence-corrected chi connectivity index (χ3v) is 3.48. The molecular weight excluding hydrogens is 305 g/mol. The first kappa shape index (κ1) is 18.1. The zero-order valence-corrected chi connectivity index (χ0v) is 12.6. The van der Waals surface area contributed by atoms with Gasteiger partial charge in [-0.15, -0.1) is 25.6 Å². The van der Waals surface area contributed by atoms with Crippen molar-refractivity contribution in [2.24, 2.45) is 0 Å². The molecule has 2 rings (SSSR count). The first-order chi connectivity index (χ1) is 9.48. The van der Waals surface area contributed by atoms with E-state index in [1.54, 1.807) is 12.1 Å². The molecule has 0 radical (unpaired) electrons. The first-order valence-corrected chi connectivity index (χ1v) is 6.71. The lowest BCUT2D eigenvalue weighted by Crippen LogP contribution is -2.36. The van der Waals surface area contributed by atoms with Crippen molar-refractivity contribution in [2.75, 3.05) is 20.1 Å². The van der Waals surface area contributed by atoms with Crippen molar-refractivity contribution in [1.29, 1.82) is 0 Å². The van der Waals surface area contributed by atoms with Crippen LogP contribution < -0.4 is 10.1 Å². The molecule has 3 nitrogen and oxygen atoms in total. The maximum absolute atomic E-state index is 12.1. The number of alkyl halides is 3. The second-order valence-corrected chi connectivity index (χ2v) is 5.02. The van der Waals surface area contributed by atoms with Crippen LogP contribution in [0.5, 0.6) is 5.75 Å². The molecule has 0 saturated carbocycles. The van der Waals surface area contributed by atoms with Crippen LogP contribution in [0.1, 0.15) is 18.4 Å². The van der Waals surface area contributed by atoms with Gasteiger partial charge in [-0.2, -0.15) is 0 Å². The van der Waals surface area contributed by atoms with Crippen molar-refractivity contribution in [3.8, 4) is 5.75 Å². The van der Waals surface area contributed by atoms with Crippen molar-refractivity contribution in [3.63, 3.8) is 0 Å². The minimum absolute atomic E-state index is 0. The molecule has 0 aromatic heterocycles. The molecule has 0 bridgehead atoms. The van der Waals surface area contributed by atoms with Crippen molar-refractivity contribution < 1.29 is 17.9 Å². The Hall–Kier alpha value is -0.980. The summed E-state index contributed by atoms with van der Waals surface area (Å²) in [7, 11) is 1.93. The number of ether oxygens (including phenoxy) is 1. The van der Waals surface area contributed by atoms with Crippen LogP contribution in [0.2, 0.25) is 0 Å². The van der Waals surface area contributed by atoms with Crippen molar-refractivity contribution in [1.82, 2.24) is 10.2 Å². The topological polar surface area (TPSA) is 24.5 Å². The van der Waals surface area contributed by atoms with E-state index in [4.69, 9.17) is 0 Å². The largest absolute Gasteiger partial charge is 0.573 e. The molecule has 0 amide bonds. The van der Waals surface area contributed by atoms with Crippen molar-refractivity contribution in [3.05, 3.63) is 29.8 Å². The van der Waals surface area contributed by atoms with Gasteiger partial charge in [0.15, 0.2) is 0 Å². The van der Waals surface area contributed by atoms with Gasteiger partial charge in [0, 0.05) is 19.1 Å². The molecular formula is C14H20ClF3N2O. The third kappa shape index (κ3) is 5.73. The van der Waals surface area contributed by atoms with E-state index in [0.717, 1.165) is 31.6 Å². The van der Waals surface area contributed by atoms with E-state index >= 15 is 0 Å². The highest BCUT2D eigenvalue weighted by Gasteiger charge is 2.31. The summed E-state index contributed by atoms with van der Waals surface area (Å²) in [6.07, 6.45) is -2.30. The van der Waals surface area contributed by atoms with Crippen LogP contribution in [-0.4, -0.2) is 37.4 Å². The molecule has 1 saturated heterocycles. The quantitative estimate of drug-likeness (QED) is 0.900. The van der Waals surface area contributed by atoms with Gasteiger partial charge < -0.3 is 10.1 Å². The van der Waals surface area contributed by atoms with Gasteiger partial charge in [-0.1, -0.05) is 12.1 Å². The highest BCUT2D eigenvalue weighted by Crippen LogP contribution is 2.24. The van der Waals surface area contributed by atoms with E-state index in [-0.39, 0.29) is 18.2 Å². The Morgan fingerprint density at radius 2 is 1.95 bits per heavy atom. The summed E-state index contributed by atoms with van der Waals surface area (Å²) in [6.45, 7) is 2.74. The molecule has 7 heteroatoms. The molecule has 0 spiro atoms. The van der Waals surface area contributed by atoms with E-state index in [1.807, 2.05) is 7.05 Å². The van der Waals surface area contributed by atoms with E-state index in [1.165, 1.54) is 18.6 Å². The van der Waals surface area contributed by atoms with E-state index in [0.29, 0.717) is 6.04 Å².